The van der Waals surface area contributed by atoms with Crippen LogP contribution >= 0.6 is 15.9 Å². The van der Waals surface area contributed by atoms with Gasteiger partial charge in [0.1, 0.15) is 11.5 Å². The smallest absolute Gasteiger partial charge is 0.387 e. The summed E-state index contributed by atoms with van der Waals surface area (Å²) in [4.78, 5) is 1.56. The van der Waals surface area contributed by atoms with Gasteiger partial charge in [0.05, 0.1) is 7.11 Å². The van der Waals surface area contributed by atoms with Gasteiger partial charge in [0.25, 0.3) is 0 Å². The van der Waals surface area contributed by atoms with E-state index < -0.39 is 6.61 Å². The lowest BCUT2D eigenvalue weighted by Gasteiger charge is -2.09. The van der Waals surface area contributed by atoms with Crippen molar-refractivity contribution in [3.8, 4) is 11.5 Å². The molecule has 0 heterocycles. The van der Waals surface area contributed by atoms with Crippen LogP contribution in [-0.4, -0.2) is 13.7 Å². The molecule has 1 aromatic carbocycles. The summed E-state index contributed by atoms with van der Waals surface area (Å²) in [6.07, 6.45) is 1.61. The van der Waals surface area contributed by atoms with Crippen molar-refractivity contribution >= 4 is 22.0 Å². The Bertz CT molecular complexity index is 353. The van der Waals surface area contributed by atoms with Crippen molar-refractivity contribution < 1.29 is 18.3 Å². The second-order valence-corrected chi connectivity index (χ2v) is 3.10. The Labute approximate surface area is 94.6 Å². The third-order valence-corrected chi connectivity index (χ3v) is 1.94. The highest BCUT2D eigenvalue weighted by atomic mass is 79.9. The lowest BCUT2D eigenvalue weighted by atomic mass is 10.2. The summed E-state index contributed by atoms with van der Waals surface area (Å²) in [6, 6.07) is 4.71. The first-order valence-corrected chi connectivity index (χ1v) is 4.98. The molecule has 0 saturated heterocycles. The highest BCUT2D eigenvalue weighted by Crippen LogP contribution is 2.27. The standard InChI is InChI=1S/C10H9BrF2O2/c1-14-8-3-2-7(4-5-11)9(6-8)15-10(12)13/h2-6,10H,1H3/b5-4-. The first-order valence-electron chi connectivity index (χ1n) is 4.07. The van der Waals surface area contributed by atoms with Gasteiger partial charge in [-0.1, -0.05) is 15.9 Å². The molecule has 0 bridgehead atoms. The van der Waals surface area contributed by atoms with Crippen LogP contribution in [-0.2, 0) is 0 Å². The third kappa shape index (κ3) is 3.51. The molecule has 0 aromatic heterocycles. The molecule has 0 saturated carbocycles. The maximum Gasteiger partial charge on any atom is 0.387 e. The lowest BCUT2D eigenvalue weighted by molar-refractivity contribution is -0.0500. The Morgan fingerprint density at radius 2 is 2.13 bits per heavy atom. The third-order valence-electron chi connectivity index (χ3n) is 1.68. The number of halogens is 3. The molecule has 0 atom stereocenters. The summed E-state index contributed by atoms with van der Waals surface area (Å²) in [5.41, 5.74) is 0.549. The summed E-state index contributed by atoms with van der Waals surface area (Å²) >= 11 is 3.07. The SMILES string of the molecule is COc1ccc(/C=C\Br)c(OC(F)F)c1. The van der Waals surface area contributed by atoms with E-state index in [1.54, 1.807) is 23.2 Å². The Hall–Kier alpha value is -1.10. The van der Waals surface area contributed by atoms with Crippen molar-refractivity contribution in [2.75, 3.05) is 7.11 Å². The maximum absolute atomic E-state index is 12.1. The first kappa shape index (κ1) is 12.0. The minimum Gasteiger partial charge on any atom is -0.497 e. The van der Waals surface area contributed by atoms with Crippen molar-refractivity contribution in [2.45, 2.75) is 6.61 Å². The van der Waals surface area contributed by atoms with Gasteiger partial charge in [0, 0.05) is 11.6 Å². The van der Waals surface area contributed by atoms with E-state index in [-0.39, 0.29) is 5.75 Å². The fourth-order valence-corrected chi connectivity index (χ4v) is 1.33. The molecule has 5 heteroatoms. The minimum absolute atomic E-state index is 0.0834. The first-order chi connectivity index (χ1) is 7.17. The van der Waals surface area contributed by atoms with Crippen molar-refractivity contribution in [3.63, 3.8) is 0 Å². The van der Waals surface area contributed by atoms with Crippen LogP contribution < -0.4 is 9.47 Å². The summed E-state index contributed by atoms with van der Waals surface area (Å²) in [6.45, 7) is -2.85. The van der Waals surface area contributed by atoms with Gasteiger partial charge in [-0.25, -0.2) is 0 Å². The van der Waals surface area contributed by atoms with Crippen LogP contribution in [0.3, 0.4) is 0 Å². The largest absolute Gasteiger partial charge is 0.497 e. The van der Waals surface area contributed by atoms with Crippen LogP contribution in [0.4, 0.5) is 8.78 Å². The van der Waals surface area contributed by atoms with Gasteiger partial charge >= 0.3 is 6.61 Å². The van der Waals surface area contributed by atoms with Gasteiger partial charge in [-0.2, -0.15) is 8.78 Å². The number of benzene rings is 1. The fourth-order valence-electron chi connectivity index (χ4n) is 1.05. The summed E-state index contributed by atoms with van der Waals surface area (Å²) < 4.78 is 33.4. The zero-order valence-electron chi connectivity index (χ0n) is 7.91. The molecule has 0 N–H and O–H groups in total. The van der Waals surface area contributed by atoms with Crippen molar-refractivity contribution in [1.82, 2.24) is 0 Å². The Morgan fingerprint density at radius 1 is 1.40 bits per heavy atom. The molecular weight excluding hydrogens is 270 g/mol. The van der Waals surface area contributed by atoms with Crippen LogP contribution in [0.2, 0.25) is 0 Å². The monoisotopic (exact) mass is 278 g/mol. The van der Waals surface area contributed by atoms with Crippen molar-refractivity contribution in [2.24, 2.45) is 0 Å². The van der Waals surface area contributed by atoms with Crippen LogP contribution in [0.5, 0.6) is 11.5 Å². The molecule has 0 radical (unpaired) electrons. The molecule has 1 rings (SSSR count). The molecule has 0 fully saturated rings. The molecule has 0 aliphatic heterocycles. The number of hydrogen-bond acceptors (Lipinski definition) is 2. The van der Waals surface area contributed by atoms with Crippen LogP contribution in [0.25, 0.3) is 6.08 Å². The highest BCUT2D eigenvalue weighted by molar-refractivity contribution is 9.11. The summed E-state index contributed by atoms with van der Waals surface area (Å²) in [7, 11) is 1.46. The van der Waals surface area contributed by atoms with Crippen molar-refractivity contribution in [3.05, 3.63) is 28.7 Å². The molecule has 2 nitrogen and oxygen atoms in total. The molecule has 0 unspecified atom stereocenters. The molecule has 1 aromatic rings. The second-order valence-electron chi connectivity index (χ2n) is 2.57. The number of alkyl halides is 2. The van der Waals surface area contributed by atoms with Gasteiger partial charge in [-0.05, 0) is 23.2 Å². The predicted molar refractivity (Wildman–Crippen MR) is 57.6 cm³/mol. The lowest BCUT2D eigenvalue weighted by Crippen LogP contribution is -2.03. The Kier molecular flexibility index (Phi) is 4.55. The molecule has 15 heavy (non-hydrogen) atoms. The average molecular weight is 279 g/mol. The molecule has 0 aliphatic carbocycles. The van der Waals surface area contributed by atoms with E-state index in [4.69, 9.17) is 4.74 Å². The molecular formula is C10H9BrF2O2. The second kappa shape index (κ2) is 5.70. The van der Waals surface area contributed by atoms with E-state index in [0.717, 1.165) is 0 Å². The predicted octanol–water partition coefficient (Wildman–Crippen LogP) is 3.66. The zero-order chi connectivity index (χ0) is 11.3. The van der Waals surface area contributed by atoms with E-state index in [2.05, 4.69) is 20.7 Å². The number of hydrogen-bond donors (Lipinski definition) is 0. The van der Waals surface area contributed by atoms with Gasteiger partial charge in [0.2, 0.25) is 0 Å². The maximum atomic E-state index is 12.1. The van der Waals surface area contributed by atoms with Crippen LogP contribution in [0, 0.1) is 0 Å². The van der Waals surface area contributed by atoms with Gasteiger partial charge < -0.3 is 9.47 Å². The van der Waals surface area contributed by atoms with Gasteiger partial charge in [0.15, 0.2) is 0 Å². The number of rotatable bonds is 4. The zero-order valence-corrected chi connectivity index (χ0v) is 9.50. The fraction of sp³-hybridized carbons (Fsp3) is 0.200. The van der Waals surface area contributed by atoms with Gasteiger partial charge in [-0.3, -0.25) is 0 Å². The molecule has 0 spiro atoms. The minimum atomic E-state index is -2.85. The normalized spacial score (nSPS) is 11.0. The van der Waals surface area contributed by atoms with E-state index >= 15 is 0 Å². The Balaban J connectivity index is 3.04. The summed E-state index contributed by atoms with van der Waals surface area (Å²) in [5.74, 6) is 0.553. The van der Waals surface area contributed by atoms with Crippen LogP contribution in [0.15, 0.2) is 23.2 Å². The molecule has 0 amide bonds. The van der Waals surface area contributed by atoms with Crippen LogP contribution in [0.1, 0.15) is 5.56 Å². The molecule has 0 aliphatic rings. The van der Waals surface area contributed by atoms with E-state index in [9.17, 15) is 8.78 Å². The Morgan fingerprint density at radius 3 is 2.67 bits per heavy atom. The highest BCUT2D eigenvalue weighted by Gasteiger charge is 2.09. The van der Waals surface area contributed by atoms with E-state index in [1.165, 1.54) is 13.2 Å². The average Bonchev–Trinajstić information content (AvgIpc) is 2.20. The summed E-state index contributed by atoms with van der Waals surface area (Å²) in [5, 5.41) is 0. The quantitative estimate of drug-likeness (QED) is 0.837. The van der Waals surface area contributed by atoms with Gasteiger partial charge in [-0.15, -0.1) is 0 Å². The van der Waals surface area contributed by atoms with E-state index in [1.807, 2.05) is 0 Å². The van der Waals surface area contributed by atoms with Crippen molar-refractivity contribution in [1.29, 1.82) is 0 Å². The number of ether oxygens (including phenoxy) is 2. The topological polar surface area (TPSA) is 18.5 Å². The van der Waals surface area contributed by atoms with E-state index in [0.29, 0.717) is 11.3 Å². The molecule has 82 valence electrons. The number of methoxy groups -OCH3 is 1.